The number of aliphatic hydroxyl groups excluding tert-OH is 2. The summed E-state index contributed by atoms with van der Waals surface area (Å²) in [6.45, 7) is -0.440. The molecule has 1 heterocycles. The number of carbonyl (C=O) groups excluding carboxylic acids is 1. The number of nitrogens with zero attached hydrogens (tertiary/aromatic N) is 3. The summed E-state index contributed by atoms with van der Waals surface area (Å²) < 4.78 is 50.6. The Morgan fingerprint density at radius 2 is 1.94 bits per heavy atom. The maximum Gasteiger partial charge on any atom is 0.270 e. The van der Waals surface area contributed by atoms with E-state index >= 15 is 0 Å². The van der Waals surface area contributed by atoms with Crippen LogP contribution in [0.3, 0.4) is 0 Å². The predicted octanol–water partition coefficient (Wildman–Crippen LogP) is 0.651. The second-order valence-electron chi connectivity index (χ2n) is 6.73. The first-order valence-electron chi connectivity index (χ1n) is 8.80. The summed E-state index contributed by atoms with van der Waals surface area (Å²) in [5.41, 5.74) is 0.0357. The molecule has 0 saturated heterocycles. The molecule has 0 saturated carbocycles. The van der Waals surface area contributed by atoms with Crippen LogP contribution in [0.5, 0.6) is 0 Å². The standard InChI is InChI=1S/C18H20F2N4O5S2/c1-24(31(2,28)29)18-23-14(9-30-18)17(27)22-8-15(25)16(26)11(7-21)3-10-4-12(19)6-13(20)5-10/h4-6,9,11,15-16,25-26H,3,8H2,1-2H3,(H,22,27). The third-order valence-electron chi connectivity index (χ3n) is 4.31. The average Bonchev–Trinajstić information content (AvgIpc) is 3.17. The van der Waals surface area contributed by atoms with E-state index in [1.165, 1.54) is 12.4 Å². The van der Waals surface area contributed by atoms with Crippen molar-refractivity contribution in [2.24, 2.45) is 5.92 Å². The van der Waals surface area contributed by atoms with Gasteiger partial charge in [0.15, 0.2) is 5.13 Å². The van der Waals surface area contributed by atoms with Gasteiger partial charge in [-0.1, -0.05) is 0 Å². The van der Waals surface area contributed by atoms with E-state index in [1.54, 1.807) is 6.07 Å². The number of sulfonamides is 1. The van der Waals surface area contributed by atoms with Crippen LogP contribution in [0, 0.1) is 28.9 Å². The van der Waals surface area contributed by atoms with E-state index in [-0.39, 0.29) is 22.8 Å². The van der Waals surface area contributed by atoms with Crippen LogP contribution in [0.15, 0.2) is 23.6 Å². The fourth-order valence-electron chi connectivity index (χ4n) is 2.56. The second kappa shape index (κ2) is 10.1. The molecule has 31 heavy (non-hydrogen) atoms. The van der Waals surface area contributed by atoms with Gasteiger partial charge in [-0.25, -0.2) is 26.5 Å². The molecule has 2 aromatic rings. The zero-order chi connectivity index (χ0) is 23.3. The number of rotatable bonds is 9. The minimum atomic E-state index is -3.55. The van der Waals surface area contributed by atoms with Gasteiger partial charge in [-0.2, -0.15) is 5.26 Å². The minimum Gasteiger partial charge on any atom is -0.389 e. The molecular formula is C18H20F2N4O5S2. The summed E-state index contributed by atoms with van der Waals surface area (Å²) in [6.07, 6.45) is -2.40. The molecule has 3 N–H and O–H groups in total. The van der Waals surface area contributed by atoms with Gasteiger partial charge in [0.2, 0.25) is 10.0 Å². The number of thiazole rings is 1. The quantitative estimate of drug-likeness (QED) is 0.484. The number of amides is 1. The van der Waals surface area contributed by atoms with Crippen molar-refractivity contribution in [1.29, 1.82) is 5.26 Å². The normalized spacial score (nSPS) is 14.4. The van der Waals surface area contributed by atoms with Gasteiger partial charge < -0.3 is 15.5 Å². The van der Waals surface area contributed by atoms with E-state index in [2.05, 4.69) is 10.3 Å². The molecule has 9 nitrogen and oxygen atoms in total. The number of aromatic nitrogens is 1. The van der Waals surface area contributed by atoms with Crippen molar-refractivity contribution >= 4 is 32.4 Å². The molecule has 13 heteroatoms. The number of hydrogen-bond donors (Lipinski definition) is 3. The van der Waals surface area contributed by atoms with Crippen LogP contribution in [-0.4, -0.2) is 61.6 Å². The van der Waals surface area contributed by atoms with Crippen LogP contribution in [-0.2, 0) is 16.4 Å². The Bertz CT molecular complexity index is 1070. The van der Waals surface area contributed by atoms with E-state index in [0.717, 1.165) is 34.0 Å². The molecule has 168 valence electrons. The zero-order valence-corrected chi connectivity index (χ0v) is 18.1. The summed E-state index contributed by atoms with van der Waals surface area (Å²) in [5.74, 6) is -3.59. The van der Waals surface area contributed by atoms with Crippen molar-refractivity contribution in [3.63, 3.8) is 0 Å². The van der Waals surface area contributed by atoms with Crippen molar-refractivity contribution in [2.45, 2.75) is 18.6 Å². The molecule has 0 aliphatic rings. The summed E-state index contributed by atoms with van der Waals surface area (Å²) in [5, 5.41) is 33.3. The lowest BCUT2D eigenvalue weighted by molar-refractivity contribution is -0.00205. The number of nitriles is 1. The minimum absolute atomic E-state index is 0.0695. The van der Waals surface area contributed by atoms with Crippen LogP contribution < -0.4 is 9.62 Å². The average molecular weight is 475 g/mol. The van der Waals surface area contributed by atoms with Crippen molar-refractivity contribution in [1.82, 2.24) is 10.3 Å². The number of anilines is 1. The Hall–Kier alpha value is -2.66. The van der Waals surface area contributed by atoms with Crippen molar-refractivity contribution in [3.05, 3.63) is 46.5 Å². The van der Waals surface area contributed by atoms with E-state index < -0.39 is 52.2 Å². The highest BCUT2D eigenvalue weighted by molar-refractivity contribution is 7.92. The molecule has 0 aliphatic heterocycles. The van der Waals surface area contributed by atoms with Crippen molar-refractivity contribution < 1.29 is 32.2 Å². The summed E-state index contributed by atoms with van der Waals surface area (Å²) in [6, 6.07) is 4.48. The molecule has 0 radical (unpaired) electrons. The third kappa shape index (κ3) is 6.66. The lowest BCUT2D eigenvalue weighted by atomic mass is 9.92. The molecule has 3 unspecified atom stereocenters. The largest absolute Gasteiger partial charge is 0.389 e. The Labute approximate surface area is 181 Å². The molecule has 2 rings (SSSR count). The molecular weight excluding hydrogens is 454 g/mol. The maximum atomic E-state index is 13.3. The van der Waals surface area contributed by atoms with E-state index in [0.29, 0.717) is 6.07 Å². The van der Waals surface area contributed by atoms with Gasteiger partial charge in [0, 0.05) is 25.0 Å². The first-order valence-corrected chi connectivity index (χ1v) is 11.5. The maximum absolute atomic E-state index is 13.3. The van der Waals surface area contributed by atoms with Crippen LogP contribution >= 0.6 is 11.3 Å². The van der Waals surface area contributed by atoms with Gasteiger partial charge in [0.25, 0.3) is 5.91 Å². The van der Waals surface area contributed by atoms with Gasteiger partial charge >= 0.3 is 0 Å². The SMILES string of the molecule is CN(c1nc(C(=O)NCC(O)C(O)C(C#N)Cc2cc(F)cc(F)c2)cs1)S(C)(=O)=O. The number of nitrogens with one attached hydrogen (secondary N) is 1. The summed E-state index contributed by atoms with van der Waals surface area (Å²) in [4.78, 5) is 16.1. The summed E-state index contributed by atoms with van der Waals surface area (Å²) in [7, 11) is -2.27. The van der Waals surface area contributed by atoms with Gasteiger partial charge in [0.05, 0.1) is 30.5 Å². The van der Waals surface area contributed by atoms with Gasteiger partial charge in [-0.15, -0.1) is 11.3 Å². The molecule has 1 aromatic heterocycles. The molecule has 0 bridgehead atoms. The first-order chi connectivity index (χ1) is 14.4. The molecule has 0 spiro atoms. The number of halogens is 2. The third-order valence-corrected chi connectivity index (χ3v) is 6.51. The van der Waals surface area contributed by atoms with Crippen molar-refractivity contribution in [3.8, 4) is 6.07 Å². The highest BCUT2D eigenvalue weighted by atomic mass is 32.2. The highest BCUT2D eigenvalue weighted by Gasteiger charge is 2.28. The smallest absolute Gasteiger partial charge is 0.270 e. The number of benzene rings is 1. The fourth-order valence-corrected chi connectivity index (χ4v) is 4.09. The van der Waals surface area contributed by atoms with E-state index in [9.17, 15) is 37.5 Å². The van der Waals surface area contributed by atoms with Gasteiger partial charge in [-0.05, 0) is 24.1 Å². The predicted molar refractivity (Wildman–Crippen MR) is 109 cm³/mol. The highest BCUT2D eigenvalue weighted by Crippen LogP contribution is 2.21. The molecule has 0 aliphatic carbocycles. The Morgan fingerprint density at radius 1 is 1.32 bits per heavy atom. The topological polar surface area (TPSA) is 144 Å². The summed E-state index contributed by atoms with van der Waals surface area (Å²) >= 11 is 0.924. The lowest BCUT2D eigenvalue weighted by Gasteiger charge is -2.22. The Balaban J connectivity index is 1.97. The first kappa shape index (κ1) is 24.6. The molecule has 1 amide bonds. The van der Waals surface area contributed by atoms with Crippen LogP contribution in [0.4, 0.5) is 13.9 Å². The van der Waals surface area contributed by atoms with Crippen LogP contribution in [0.1, 0.15) is 16.1 Å². The number of aliphatic hydroxyl groups is 2. The number of hydrogen-bond acceptors (Lipinski definition) is 8. The van der Waals surface area contributed by atoms with E-state index in [4.69, 9.17) is 0 Å². The fraction of sp³-hybridized carbons (Fsp3) is 0.389. The molecule has 1 aromatic carbocycles. The number of carbonyl (C=O) groups is 1. The lowest BCUT2D eigenvalue weighted by Crippen LogP contribution is -2.42. The molecule has 0 fully saturated rings. The Morgan fingerprint density at radius 3 is 2.48 bits per heavy atom. The van der Waals surface area contributed by atoms with Crippen LogP contribution in [0.2, 0.25) is 0 Å². The monoisotopic (exact) mass is 474 g/mol. The Kier molecular flexibility index (Phi) is 8.02. The zero-order valence-electron chi connectivity index (χ0n) is 16.5. The van der Waals surface area contributed by atoms with Crippen molar-refractivity contribution in [2.75, 3.05) is 24.2 Å². The van der Waals surface area contributed by atoms with E-state index in [1.807, 2.05) is 0 Å². The van der Waals surface area contributed by atoms with Crippen LogP contribution in [0.25, 0.3) is 0 Å². The second-order valence-corrected chi connectivity index (χ2v) is 9.58. The van der Waals surface area contributed by atoms with Gasteiger partial charge in [0.1, 0.15) is 17.3 Å². The molecule has 3 atom stereocenters. The van der Waals surface area contributed by atoms with Gasteiger partial charge in [-0.3, -0.25) is 4.79 Å².